The Balaban J connectivity index is 1.56. The van der Waals surface area contributed by atoms with Crippen LogP contribution in [0.3, 0.4) is 0 Å². The predicted molar refractivity (Wildman–Crippen MR) is 90.3 cm³/mol. The molecule has 5 nitrogen and oxygen atoms in total. The quantitative estimate of drug-likeness (QED) is 0.913. The predicted octanol–water partition coefficient (Wildman–Crippen LogP) is 2.96. The number of anilines is 1. The van der Waals surface area contributed by atoms with Crippen LogP contribution in [0.5, 0.6) is 0 Å². The van der Waals surface area contributed by atoms with Crippen LogP contribution in [0.1, 0.15) is 36.8 Å². The molecule has 2 aliphatic rings. The standard InChI is InChI=1S/C18H24N4O/c1-14-6-7-15(13-19)12-17(14)20-18(23)22-10-8-21(9-11-22)16-4-2-3-5-16/h6-7,12,16H,2-5,8-11H2,1H3,(H,20,23). The minimum atomic E-state index is -0.0609. The lowest BCUT2D eigenvalue weighted by Gasteiger charge is -2.38. The second kappa shape index (κ2) is 7.01. The fraction of sp³-hybridized carbons (Fsp3) is 0.556. The van der Waals surface area contributed by atoms with Crippen LogP contribution in [0.25, 0.3) is 0 Å². The summed E-state index contributed by atoms with van der Waals surface area (Å²) in [6, 6.07) is 8.16. The number of urea groups is 1. The maximum Gasteiger partial charge on any atom is 0.321 e. The van der Waals surface area contributed by atoms with Gasteiger partial charge in [0.1, 0.15) is 0 Å². The van der Waals surface area contributed by atoms with Gasteiger partial charge in [0.25, 0.3) is 0 Å². The summed E-state index contributed by atoms with van der Waals surface area (Å²) in [5.74, 6) is 0. The molecule has 0 bridgehead atoms. The average molecular weight is 312 g/mol. The second-order valence-electron chi connectivity index (χ2n) is 6.53. The fourth-order valence-corrected chi connectivity index (χ4v) is 3.58. The second-order valence-corrected chi connectivity index (χ2v) is 6.53. The van der Waals surface area contributed by atoms with Crippen molar-refractivity contribution in [2.45, 2.75) is 38.6 Å². The molecule has 1 saturated carbocycles. The monoisotopic (exact) mass is 312 g/mol. The number of nitrogens with zero attached hydrogens (tertiary/aromatic N) is 3. The number of benzene rings is 1. The maximum atomic E-state index is 12.5. The number of nitriles is 1. The summed E-state index contributed by atoms with van der Waals surface area (Å²) >= 11 is 0. The highest BCUT2D eigenvalue weighted by Gasteiger charge is 2.27. The first-order chi connectivity index (χ1) is 11.2. The minimum absolute atomic E-state index is 0.0609. The molecule has 2 fully saturated rings. The number of piperazine rings is 1. The Morgan fingerprint density at radius 2 is 1.91 bits per heavy atom. The van der Waals surface area contributed by atoms with Gasteiger partial charge in [-0.15, -0.1) is 0 Å². The molecule has 3 rings (SSSR count). The van der Waals surface area contributed by atoms with Crippen molar-refractivity contribution in [3.63, 3.8) is 0 Å². The van der Waals surface area contributed by atoms with Gasteiger partial charge in [-0.1, -0.05) is 18.9 Å². The highest BCUT2D eigenvalue weighted by molar-refractivity contribution is 5.90. The Labute approximate surface area is 137 Å². The van der Waals surface area contributed by atoms with Gasteiger partial charge in [-0.05, 0) is 37.5 Å². The van der Waals surface area contributed by atoms with Gasteiger partial charge in [0.05, 0.1) is 11.6 Å². The van der Waals surface area contributed by atoms with Crippen LogP contribution in [0.2, 0.25) is 0 Å². The van der Waals surface area contributed by atoms with Crippen LogP contribution in [0.15, 0.2) is 18.2 Å². The molecular weight excluding hydrogens is 288 g/mol. The summed E-state index contributed by atoms with van der Waals surface area (Å²) in [6.07, 6.45) is 5.32. The van der Waals surface area contributed by atoms with Crippen LogP contribution < -0.4 is 5.32 Å². The first-order valence-corrected chi connectivity index (χ1v) is 8.48. The van der Waals surface area contributed by atoms with E-state index in [1.54, 1.807) is 12.1 Å². The molecule has 1 aliphatic carbocycles. The normalized spacial score (nSPS) is 19.6. The van der Waals surface area contributed by atoms with Crippen molar-refractivity contribution in [2.75, 3.05) is 31.5 Å². The van der Waals surface area contributed by atoms with Gasteiger partial charge >= 0.3 is 6.03 Å². The number of amides is 2. The SMILES string of the molecule is Cc1ccc(C#N)cc1NC(=O)N1CCN(C2CCCC2)CC1. The molecule has 1 N–H and O–H groups in total. The molecule has 0 unspecified atom stereocenters. The first kappa shape index (κ1) is 15.8. The Hall–Kier alpha value is -2.06. The van der Waals surface area contributed by atoms with Gasteiger partial charge in [-0.25, -0.2) is 4.79 Å². The van der Waals surface area contributed by atoms with Crippen molar-refractivity contribution >= 4 is 11.7 Å². The van der Waals surface area contributed by atoms with E-state index in [9.17, 15) is 4.79 Å². The van der Waals surface area contributed by atoms with E-state index in [1.165, 1.54) is 25.7 Å². The Kier molecular flexibility index (Phi) is 4.82. The van der Waals surface area contributed by atoms with E-state index >= 15 is 0 Å². The zero-order chi connectivity index (χ0) is 16.2. The van der Waals surface area contributed by atoms with Crippen LogP contribution >= 0.6 is 0 Å². The van der Waals surface area contributed by atoms with Crippen LogP contribution in [0.4, 0.5) is 10.5 Å². The summed E-state index contributed by atoms with van der Waals surface area (Å²) < 4.78 is 0. The topological polar surface area (TPSA) is 59.4 Å². The number of nitrogens with one attached hydrogen (secondary N) is 1. The molecule has 0 radical (unpaired) electrons. The van der Waals surface area contributed by atoms with Gasteiger partial charge < -0.3 is 10.2 Å². The first-order valence-electron chi connectivity index (χ1n) is 8.48. The van der Waals surface area contributed by atoms with Crippen molar-refractivity contribution in [1.29, 1.82) is 5.26 Å². The zero-order valence-electron chi connectivity index (χ0n) is 13.7. The molecule has 1 aromatic carbocycles. The molecule has 2 amide bonds. The summed E-state index contributed by atoms with van der Waals surface area (Å²) in [5.41, 5.74) is 2.27. The minimum Gasteiger partial charge on any atom is -0.322 e. The number of hydrogen-bond acceptors (Lipinski definition) is 3. The van der Waals surface area contributed by atoms with E-state index in [4.69, 9.17) is 5.26 Å². The van der Waals surface area contributed by atoms with Gasteiger partial charge in [-0.3, -0.25) is 4.90 Å². The fourth-order valence-electron chi connectivity index (χ4n) is 3.58. The number of carbonyl (C=O) groups is 1. The summed E-state index contributed by atoms with van der Waals surface area (Å²) in [4.78, 5) is 16.9. The van der Waals surface area contributed by atoms with Crippen LogP contribution in [0, 0.1) is 18.3 Å². The number of hydrogen-bond donors (Lipinski definition) is 1. The molecule has 5 heteroatoms. The Morgan fingerprint density at radius 1 is 1.22 bits per heavy atom. The third kappa shape index (κ3) is 3.65. The number of carbonyl (C=O) groups excluding carboxylic acids is 1. The Morgan fingerprint density at radius 3 is 2.57 bits per heavy atom. The van der Waals surface area contributed by atoms with E-state index in [1.807, 2.05) is 17.9 Å². The average Bonchev–Trinajstić information content (AvgIpc) is 3.11. The van der Waals surface area contributed by atoms with Crippen molar-refractivity contribution in [1.82, 2.24) is 9.80 Å². The van der Waals surface area contributed by atoms with Crippen molar-refractivity contribution in [3.8, 4) is 6.07 Å². The van der Waals surface area contributed by atoms with E-state index in [-0.39, 0.29) is 6.03 Å². The summed E-state index contributed by atoms with van der Waals surface area (Å²) in [5, 5.41) is 11.9. The third-order valence-corrected chi connectivity index (χ3v) is 5.05. The molecule has 1 aliphatic heterocycles. The van der Waals surface area contributed by atoms with E-state index in [0.29, 0.717) is 5.56 Å². The van der Waals surface area contributed by atoms with Crippen molar-refractivity contribution in [2.24, 2.45) is 0 Å². The van der Waals surface area contributed by atoms with Crippen LogP contribution in [-0.4, -0.2) is 48.1 Å². The highest BCUT2D eigenvalue weighted by atomic mass is 16.2. The van der Waals surface area contributed by atoms with Crippen molar-refractivity contribution in [3.05, 3.63) is 29.3 Å². The lowest BCUT2D eigenvalue weighted by molar-refractivity contribution is 0.115. The van der Waals surface area contributed by atoms with Gasteiger partial charge in [0.2, 0.25) is 0 Å². The molecule has 0 atom stereocenters. The van der Waals surface area contributed by atoms with Gasteiger partial charge in [0.15, 0.2) is 0 Å². The van der Waals surface area contributed by atoms with E-state index in [2.05, 4.69) is 16.3 Å². The molecule has 1 heterocycles. The number of rotatable bonds is 2. The van der Waals surface area contributed by atoms with Crippen molar-refractivity contribution < 1.29 is 4.79 Å². The molecule has 1 saturated heterocycles. The molecule has 1 aromatic rings. The maximum absolute atomic E-state index is 12.5. The molecule has 0 aromatic heterocycles. The number of aryl methyl sites for hydroxylation is 1. The largest absolute Gasteiger partial charge is 0.322 e. The summed E-state index contributed by atoms with van der Waals surface area (Å²) in [7, 11) is 0. The smallest absolute Gasteiger partial charge is 0.321 e. The highest BCUT2D eigenvalue weighted by Crippen LogP contribution is 2.24. The molecule has 23 heavy (non-hydrogen) atoms. The molecule has 122 valence electrons. The third-order valence-electron chi connectivity index (χ3n) is 5.05. The Bertz CT molecular complexity index is 608. The molecule has 0 spiro atoms. The van der Waals surface area contributed by atoms with E-state index < -0.39 is 0 Å². The van der Waals surface area contributed by atoms with Gasteiger partial charge in [0, 0.05) is 37.9 Å². The lowest BCUT2D eigenvalue weighted by atomic mass is 10.1. The summed E-state index contributed by atoms with van der Waals surface area (Å²) in [6.45, 7) is 5.43. The van der Waals surface area contributed by atoms with Gasteiger partial charge in [-0.2, -0.15) is 5.26 Å². The van der Waals surface area contributed by atoms with E-state index in [0.717, 1.165) is 43.5 Å². The van der Waals surface area contributed by atoms with Crippen LogP contribution in [-0.2, 0) is 0 Å². The molecular formula is C18H24N4O. The zero-order valence-corrected chi connectivity index (χ0v) is 13.7. The lowest BCUT2D eigenvalue weighted by Crippen LogP contribution is -2.52.